The molecule has 0 spiro atoms. The fourth-order valence-corrected chi connectivity index (χ4v) is 6.52. The molecule has 0 fully saturated rings. The standard InChI is InChI=1S/C42H52/c1-25-13-37(14-26(2)33(25)9)21-41(22-38-15-27(3)34(10)28(4)16-38)42(23-39-17-29(5)35(11)30(6)18-39)24-40-19-31(7)36(12)32(8)20-40/h13-20H,21-24H2,1-12H3. The van der Waals surface area contributed by atoms with E-state index < -0.39 is 0 Å². The molecular formula is C42H52. The van der Waals surface area contributed by atoms with E-state index in [0.717, 1.165) is 25.7 Å². The van der Waals surface area contributed by atoms with E-state index in [1.807, 2.05) is 0 Å². The van der Waals surface area contributed by atoms with Gasteiger partial charge in [0.25, 0.3) is 0 Å². The molecule has 0 radical (unpaired) electrons. The monoisotopic (exact) mass is 556 g/mol. The van der Waals surface area contributed by atoms with E-state index in [-0.39, 0.29) is 0 Å². The topological polar surface area (TPSA) is 0 Å². The third-order valence-corrected chi connectivity index (χ3v) is 10.1. The van der Waals surface area contributed by atoms with Crippen molar-refractivity contribution in [3.05, 3.63) is 149 Å². The van der Waals surface area contributed by atoms with Crippen LogP contribution in [0.4, 0.5) is 0 Å². The first-order valence-electron chi connectivity index (χ1n) is 15.7. The Morgan fingerprint density at radius 2 is 0.429 bits per heavy atom. The van der Waals surface area contributed by atoms with Gasteiger partial charge in [0.05, 0.1) is 0 Å². The summed E-state index contributed by atoms with van der Waals surface area (Å²) in [7, 11) is 0. The SMILES string of the molecule is Cc1cc(CC(Cc2cc(C)c(C)c(C)c2)=C(Cc2cc(C)c(C)c(C)c2)Cc2cc(C)c(C)c(C)c2)cc(C)c1C. The zero-order chi connectivity index (χ0) is 30.9. The van der Waals surface area contributed by atoms with Crippen LogP contribution in [0.15, 0.2) is 59.7 Å². The maximum absolute atomic E-state index is 2.42. The Balaban J connectivity index is 1.93. The van der Waals surface area contributed by atoms with E-state index in [2.05, 4.69) is 132 Å². The van der Waals surface area contributed by atoms with Crippen molar-refractivity contribution in [2.24, 2.45) is 0 Å². The van der Waals surface area contributed by atoms with Crippen LogP contribution in [0.25, 0.3) is 0 Å². The number of hydrogen-bond donors (Lipinski definition) is 0. The summed E-state index contributed by atoms with van der Waals surface area (Å²) in [6.45, 7) is 27.1. The minimum absolute atomic E-state index is 0.983. The van der Waals surface area contributed by atoms with E-state index in [9.17, 15) is 0 Å². The molecule has 0 aliphatic rings. The van der Waals surface area contributed by atoms with Crippen LogP contribution in [0.3, 0.4) is 0 Å². The molecule has 0 nitrogen and oxygen atoms in total. The van der Waals surface area contributed by atoms with Crippen LogP contribution in [-0.2, 0) is 25.7 Å². The quantitative estimate of drug-likeness (QED) is 0.189. The normalized spacial score (nSPS) is 11.2. The van der Waals surface area contributed by atoms with Crippen molar-refractivity contribution in [3.63, 3.8) is 0 Å². The molecule has 0 aliphatic carbocycles. The first kappa shape index (κ1) is 31.6. The van der Waals surface area contributed by atoms with Crippen molar-refractivity contribution >= 4 is 0 Å². The average Bonchev–Trinajstić information content (AvgIpc) is 2.91. The number of rotatable bonds is 8. The second kappa shape index (κ2) is 12.9. The van der Waals surface area contributed by atoms with Crippen LogP contribution in [0.2, 0.25) is 0 Å². The summed E-state index contributed by atoms with van der Waals surface area (Å²) in [5, 5.41) is 0. The molecule has 0 aromatic heterocycles. The van der Waals surface area contributed by atoms with Gasteiger partial charge in [-0.1, -0.05) is 59.7 Å². The van der Waals surface area contributed by atoms with Crippen molar-refractivity contribution in [2.45, 2.75) is 109 Å². The van der Waals surface area contributed by atoms with Gasteiger partial charge in [0, 0.05) is 0 Å². The molecule has 0 saturated carbocycles. The maximum Gasteiger partial charge on any atom is -0.00607 e. The zero-order valence-corrected chi connectivity index (χ0v) is 28.4. The average molecular weight is 557 g/mol. The molecule has 0 unspecified atom stereocenters. The summed E-state index contributed by atoms with van der Waals surface area (Å²) in [6, 6.07) is 19.4. The second-order valence-electron chi connectivity index (χ2n) is 13.3. The van der Waals surface area contributed by atoms with Crippen molar-refractivity contribution in [1.29, 1.82) is 0 Å². The van der Waals surface area contributed by atoms with Crippen molar-refractivity contribution < 1.29 is 0 Å². The molecule has 42 heavy (non-hydrogen) atoms. The molecule has 0 bridgehead atoms. The predicted molar refractivity (Wildman–Crippen MR) is 184 cm³/mol. The van der Waals surface area contributed by atoms with Crippen LogP contribution in [0.1, 0.15) is 89.0 Å². The highest BCUT2D eigenvalue weighted by Crippen LogP contribution is 2.29. The van der Waals surface area contributed by atoms with Crippen molar-refractivity contribution in [3.8, 4) is 0 Å². The molecule has 0 heteroatoms. The van der Waals surface area contributed by atoms with Gasteiger partial charge in [0.15, 0.2) is 0 Å². The van der Waals surface area contributed by atoms with E-state index in [1.165, 1.54) is 89.0 Å². The number of allylic oxidation sites excluding steroid dienone is 2. The smallest absolute Gasteiger partial charge is 0.00607 e. The Labute approximate surface area is 256 Å². The van der Waals surface area contributed by atoms with Crippen molar-refractivity contribution in [2.75, 3.05) is 0 Å². The van der Waals surface area contributed by atoms with Gasteiger partial charge < -0.3 is 0 Å². The van der Waals surface area contributed by atoms with E-state index >= 15 is 0 Å². The molecule has 4 aromatic rings. The first-order chi connectivity index (χ1) is 19.7. The Morgan fingerprint density at radius 1 is 0.286 bits per heavy atom. The van der Waals surface area contributed by atoms with Gasteiger partial charge in [0.1, 0.15) is 0 Å². The highest BCUT2D eigenvalue weighted by Gasteiger charge is 2.16. The van der Waals surface area contributed by atoms with Crippen LogP contribution >= 0.6 is 0 Å². The predicted octanol–water partition coefficient (Wildman–Crippen LogP) is 11.0. The van der Waals surface area contributed by atoms with Gasteiger partial charge in [-0.15, -0.1) is 0 Å². The first-order valence-corrected chi connectivity index (χ1v) is 15.7. The van der Waals surface area contributed by atoms with Gasteiger partial charge in [0.2, 0.25) is 0 Å². The fraction of sp³-hybridized carbons (Fsp3) is 0.381. The maximum atomic E-state index is 2.42. The lowest BCUT2D eigenvalue weighted by Gasteiger charge is -2.21. The summed E-state index contributed by atoms with van der Waals surface area (Å²) >= 11 is 0. The van der Waals surface area contributed by atoms with Crippen molar-refractivity contribution in [1.82, 2.24) is 0 Å². The summed E-state index contributed by atoms with van der Waals surface area (Å²) < 4.78 is 0. The minimum atomic E-state index is 0.983. The molecule has 0 heterocycles. The molecule has 0 N–H and O–H groups in total. The molecular weight excluding hydrogens is 504 g/mol. The molecule has 4 aromatic carbocycles. The van der Waals surface area contributed by atoms with Gasteiger partial charge >= 0.3 is 0 Å². The van der Waals surface area contributed by atoms with Gasteiger partial charge in [-0.2, -0.15) is 0 Å². The van der Waals surface area contributed by atoms with Crippen LogP contribution in [-0.4, -0.2) is 0 Å². The molecule has 4 rings (SSSR count). The molecule has 220 valence electrons. The summed E-state index contributed by atoms with van der Waals surface area (Å²) in [6.07, 6.45) is 3.93. The highest BCUT2D eigenvalue weighted by atomic mass is 14.2. The van der Waals surface area contributed by atoms with E-state index in [4.69, 9.17) is 0 Å². The summed E-state index contributed by atoms with van der Waals surface area (Å²) in [4.78, 5) is 0. The molecule has 0 saturated heterocycles. The van der Waals surface area contributed by atoms with E-state index in [1.54, 1.807) is 11.1 Å². The third kappa shape index (κ3) is 7.15. The number of benzene rings is 4. The minimum Gasteiger partial charge on any atom is -0.0616 e. The number of hydrogen-bond acceptors (Lipinski definition) is 0. The largest absolute Gasteiger partial charge is 0.0616 e. The Bertz CT molecular complexity index is 1330. The lowest BCUT2D eigenvalue weighted by molar-refractivity contribution is 0.910. The molecule has 0 atom stereocenters. The Hall–Kier alpha value is -3.38. The molecule has 0 amide bonds. The summed E-state index contributed by atoms with van der Waals surface area (Å²) in [5.41, 5.74) is 25.6. The van der Waals surface area contributed by atoms with E-state index in [0.29, 0.717) is 0 Å². The molecule has 0 aliphatic heterocycles. The fourth-order valence-electron chi connectivity index (χ4n) is 6.52. The van der Waals surface area contributed by atoms with Gasteiger partial charge in [-0.05, 0) is 198 Å². The van der Waals surface area contributed by atoms with Crippen LogP contribution in [0, 0.1) is 83.1 Å². The Kier molecular flexibility index (Phi) is 9.67. The second-order valence-corrected chi connectivity index (χ2v) is 13.3. The van der Waals surface area contributed by atoms with Gasteiger partial charge in [-0.25, -0.2) is 0 Å². The zero-order valence-electron chi connectivity index (χ0n) is 28.4. The van der Waals surface area contributed by atoms with Crippen LogP contribution in [0.5, 0.6) is 0 Å². The Morgan fingerprint density at radius 3 is 0.571 bits per heavy atom. The third-order valence-electron chi connectivity index (χ3n) is 10.1. The summed E-state index contributed by atoms with van der Waals surface area (Å²) in [5.74, 6) is 0. The van der Waals surface area contributed by atoms with Gasteiger partial charge in [-0.3, -0.25) is 0 Å². The lowest BCUT2D eigenvalue weighted by atomic mass is 9.84. The lowest BCUT2D eigenvalue weighted by Crippen LogP contribution is -2.08. The van der Waals surface area contributed by atoms with Crippen LogP contribution < -0.4 is 0 Å². The highest BCUT2D eigenvalue weighted by molar-refractivity contribution is 5.46. The number of aryl methyl sites for hydroxylation is 8.